The summed E-state index contributed by atoms with van der Waals surface area (Å²) >= 11 is 0. The lowest BCUT2D eigenvalue weighted by molar-refractivity contribution is 0.369. The molecule has 0 amide bonds. The van der Waals surface area contributed by atoms with Gasteiger partial charge in [-0.1, -0.05) is 39.0 Å². The van der Waals surface area contributed by atoms with Gasteiger partial charge in [0.1, 0.15) is 5.75 Å². The molecule has 0 aromatic heterocycles. The van der Waals surface area contributed by atoms with E-state index in [0.29, 0.717) is 11.3 Å². The predicted octanol–water partition coefficient (Wildman–Crippen LogP) is 3.11. The quantitative estimate of drug-likeness (QED) is 0.686. The molecule has 1 N–H and O–H groups in total. The number of rotatable bonds is 4. The standard InChI is InChI=1S/C18H29N3O/c1-14(15-8-6-7-9-16(15)22-5)12-20-17(19-4)21-11-10-18(2,3)13-21/h6-9,14H,10-13H2,1-5H3,(H,19,20). The number of aliphatic imine (C=N–C) groups is 1. The lowest BCUT2D eigenvalue weighted by atomic mass is 9.93. The van der Waals surface area contributed by atoms with Crippen LogP contribution < -0.4 is 10.1 Å². The van der Waals surface area contributed by atoms with Crippen LogP contribution in [0.25, 0.3) is 0 Å². The number of methoxy groups -OCH3 is 1. The maximum absolute atomic E-state index is 5.46. The number of ether oxygens (including phenoxy) is 1. The summed E-state index contributed by atoms with van der Waals surface area (Å²) in [6.45, 7) is 9.84. The first-order valence-electron chi connectivity index (χ1n) is 8.05. The second-order valence-corrected chi connectivity index (χ2v) is 6.91. The van der Waals surface area contributed by atoms with Gasteiger partial charge in [0.25, 0.3) is 0 Å². The Morgan fingerprint density at radius 3 is 2.73 bits per heavy atom. The van der Waals surface area contributed by atoms with E-state index >= 15 is 0 Å². The molecule has 1 saturated heterocycles. The molecule has 4 heteroatoms. The molecule has 22 heavy (non-hydrogen) atoms. The van der Waals surface area contributed by atoms with Gasteiger partial charge in [0.05, 0.1) is 7.11 Å². The van der Waals surface area contributed by atoms with E-state index in [1.165, 1.54) is 12.0 Å². The highest BCUT2D eigenvalue weighted by atomic mass is 16.5. The van der Waals surface area contributed by atoms with E-state index in [9.17, 15) is 0 Å². The first-order valence-corrected chi connectivity index (χ1v) is 8.05. The van der Waals surface area contributed by atoms with E-state index in [1.807, 2.05) is 19.2 Å². The van der Waals surface area contributed by atoms with Crippen molar-refractivity contribution in [3.8, 4) is 5.75 Å². The van der Waals surface area contributed by atoms with Crippen LogP contribution in [0.15, 0.2) is 29.3 Å². The Morgan fingerprint density at radius 2 is 2.14 bits per heavy atom. The number of para-hydroxylation sites is 1. The molecule has 1 aromatic carbocycles. The normalized spacial score (nSPS) is 19.1. The summed E-state index contributed by atoms with van der Waals surface area (Å²) in [4.78, 5) is 6.80. The summed E-state index contributed by atoms with van der Waals surface area (Å²) in [6, 6.07) is 8.22. The van der Waals surface area contributed by atoms with Crippen LogP contribution in [-0.2, 0) is 0 Å². The predicted molar refractivity (Wildman–Crippen MR) is 92.7 cm³/mol. The van der Waals surface area contributed by atoms with Crippen LogP contribution in [-0.4, -0.2) is 44.7 Å². The highest BCUT2D eigenvalue weighted by Crippen LogP contribution is 2.29. The van der Waals surface area contributed by atoms with Crippen molar-refractivity contribution in [3.05, 3.63) is 29.8 Å². The molecule has 0 aliphatic carbocycles. The van der Waals surface area contributed by atoms with Crippen molar-refractivity contribution < 1.29 is 4.74 Å². The summed E-state index contributed by atoms with van der Waals surface area (Å²) < 4.78 is 5.46. The molecule has 4 nitrogen and oxygen atoms in total. The van der Waals surface area contributed by atoms with Crippen LogP contribution in [0.3, 0.4) is 0 Å². The lowest BCUT2D eigenvalue weighted by Crippen LogP contribution is -2.42. The molecule has 1 aliphatic rings. The number of hydrogen-bond acceptors (Lipinski definition) is 2. The van der Waals surface area contributed by atoms with E-state index < -0.39 is 0 Å². The average molecular weight is 303 g/mol. The minimum absolute atomic E-state index is 0.364. The Morgan fingerprint density at radius 1 is 1.41 bits per heavy atom. The second-order valence-electron chi connectivity index (χ2n) is 6.91. The fourth-order valence-electron chi connectivity index (χ4n) is 3.05. The summed E-state index contributed by atoms with van der Waals surface area (Å²) in [5, 5.41) is 3.52. The number of likely N-dealkylation sites (tertiary alicyclic amines) is 1. The number of nitrogens with zero attached hydrogens (tertiary/aromatic N) is 2. The van der Waals surface area contributed by atoms with Gasteiger partial charge in [-0.05, 0) is 23.5 Å². The molecule has 1 heterocycles. The Hall–Kier alpha value is -1.71. The third-order valence-electron chi connectivity index (χ3n) is 4.42. The molecule has 2 rings (SSSR count). The van der Waals surface area contributed by atoms with Crippen molar-refractivity contribution in [1.82, 2.24) is 10.2 Å². The summed E-state index contributed by atoms with van der Waals surface area (Å²) in [5.74, 6) is 2.32. The fourth-order valence-corrected chi connectivity index (χ4v) is 3.05. The molecular formula is C18H29N3O. The van der Waals surface area contributed by atoms with Crippen molar-refractivity contribution in [2.45, 2.75) is 33.1 Å². The number of guanidine groups is 1. The molecule has 122 valence electrons. The van der Waals surface area contributed by atoms with Crippen molar-refractivity contribution in [2.24, 2.45) is 10.4 Å². The summed E-state index contributed by atoms with van der Waals surface area (Å²) in [6.07, 6.45) is 1.22. The zero-order valence-corrected chi connectivity index (χ0v) is 14.5. The van der Waals surface area contributed by atoms with Gasteiger partial charge >= 0.3 is 0 Å². The highest BCUT2D eigenvalue weighted by Gasteiger charge is 2.30. The Kier molecular flexibility index (Phi) is 5.33. The van der Waals surface area contributed by atoms with Crippen molar-refractivity contribution in [2.75, 3.05) is 33.8 Å². The molecule has 0 spiro atoms. The fraction of sp³-hybridized carbons (Fsp3) is 0.611. The molecule has 1 aromatic rings. The van der Waals surface area contributed by atoms with Crippen LogP contribution in [0.4, 0.5) is 0 Å². The maximum Gasteiger partial charge on any atom is 0.193 e. The molecule has 0 radical (unpaired) electrons. The average Bonchev–Trinajstić information content (AvgIpc) is 2.87. The lowest BCUT2D eigenvalue weighted by Gasteiger charge is -2.25. The second kappa shape index (κ2) is 7.03. The third kappa shape index (κ3) is 3.93. The first kappa shape index (κ1) is 16.7. The van der Waals surface area contributed by atoms with Crippen LogP contribution in [0.5, 0.6) is 5.75 Å². The van der Waals surface area contributed by atoms with Crippen molar-refractivity contribution in [1.29, 1.82) is 0 Å². The van der Waals surface area contributed by atoms with Gasteiger partial charge in [-0.2, -0.15) is 0 Å². The molecule has 0 bridgehead atoms. The smallest absolute Gasteiger partial charge is 0.193 e. The van der Waals surface area contributed by atoms with Gasteiger partial charge in [-0.3, -0.25) is 4.99 Å². The summed E-state index contributed by atoms with van der Waals surface area (Å²) in [5.41, 5.74) is 1.61. The Bertz CT molecular complexity index is 525. The maximum atomic E-state index is 5.46. The van der Waals surface area contributed by atoms with E-state index in [2.05, 4.69) is 48.1 Å². The van der Waals surface area contributed by atoms with Gasteiger partial charge in [0, 0.05) is 32.6 Å². The third-order valence-corrected chi connectivity index (χ3v) is 4.42. The zero-order valence-electron chi connectivity index (χ0n) is 14.5. The van der Waals surface area contributed by atoms with Gasteiger partial charge < -0.3 is 15.0 Å². The van der Waals surface area contributed by atoms with E-state index in [0.717, 1.165) is 31.3 Å². The molecular weight excluding hydrogens is 274 g/mol. The number of nitrogens with one attached hydrogen (secondary N) is 1. The monoisotopic (exact) mass is 303 g/mol. The molecule has 1 unspecified atom stereocenters. The van der Waals surface area contributed by atoms with Gasteiger partial charge in [-0.15, -0.1) is 0 Å². The zero-order chi connectivity index (χ0) is 16.2. The largest absolute Gasteiger partial charge is 0.496 e. The van der Waals surface area contributed by atoms with Crippen LogP contribution in [0.1, 0.15) is 38.7 Å². The van der Waals surface area contributed by atoms with Crippen LogP contribution >= 0.6 is 0 Å². The number of benzene rings is 1. The molecule has 1 atom stereocenters. The SMILES string of the molecule is CN=C(NCC(C)c1ccccc1OC)N1CCC(C)(C)C1. The van der Waals surface area contributed by atoms with E-state index in [-0.39, 0.29) is 0 Å². The van der Waals surface area contributed by atoms with Crippen LogP contribution in [0.2, 0.25) is 0 Å². The van der Waals surface area contributed by atoms with Crippen molar-refractivity contribution >= 4 is 5.96 Å². The van der Waals surface area contributed by atoms with E-state index in [4.69, 9.17) is 4.74 Å². The minimum atomic E-state index is 0.364. The minimum Gasteiger partial charge on any atom is -0.496 e. The van der Waals surface area contributed by atoms with Crippen LogP contribution in [0, 0.1) is 5.41 Å². The first-order chi connectivity index (χ1) is 10.5. The van der Waals surface area contributed by atoms with Gasteiger partial charge in [0.15, 0.2) is 5.96 Å². The molecule has 1 aliphatic heterocycles. The Balaban J connectivity index is 1.96. The summed E-state index contributed by atoms with van der Waals surface area (Å²) in [7, 11) is 3.59. The molecule has 1 fully saturated rings. The Labute approximate surface area is 134 Å². The highest BCUT2D eigenvalue weighted by molar-refractivity contribution is 5.80. The van der Waals surface area contributed by atoms with E-state index in [1.54, 1.807) is 7.11 Å². The van der Waals surface area contributed by atoms with Crippen molar-refractivity contribution in [3.63, 3.8) is 0 Å². The van der Waals surface area contributed by atoms with Gasteiger partial charge in [0.2, 0.25) is 0 Å². The molecule has 0 saturated carbocycles. The van der Waals surface area contributed by atoms with Gasteiger partial charge in [-0.25, -0.2) is 0 Å². The number of hydrogen-bond donors (Lipinski definition) is 1. The topological polar surface area (TPSA) is 36.9 Å².